The van der Waals surface area contributed by atoms with E-state index < -0.39 is 20.6 Å². The van der Waals surface area contributed by atoms with E-state index in [1.807, 2.05) is 0 Å². The molecule has 110 valence electrons. The Morgan fingerprint density at radius 1 is 1.25 bits per heavy atom. The lowest BCUT2D eigenvalue weighted by atomic mass is 10.3. The molecule has 0 radical (unpaired) electrons. The summed E-state index contributed by atoms with van der Waals surface area (Å²) in [5, 5.41) is 10.9. The number of nitro groups is 1. The quantitative estimate of drug-likeness (QED) is 0.624. The van der Waals surface area contributed by atoms with Gasteiger partial charge in [0.15, 0.2) is 4.90 Å². The van der Waals surface area contributed by atoms with E-state index in [1.165, 1.54) is 24.3 Å². The Kier molecular flexibility index (Phi) is 4.69. The monoisotopic (exact) mass is 299 g/mol. The summed E-state index contributed by atoms with van der Waals surface area (Å²) in [7, 11) is -3.85. The average molecular weight is 299 g/mol. The topological polar surface area (TPSA) is 92.5 Å². The van der Waals surface area contributed by atoms with E-state index in [9.17, 15) is 18.5 Å². The fraction of sp³-hybridized carbons (Fsp3) is 0.500. The summed E-state index contributed by atoms with van der Waals surface area (Å²) in [5.74, 6) is 0. The fourth-order valence-corrected chi connectivity index (χ4v) is 3.45. The minimum absolute atomic E-state index is 0.258. The molecule has 1 saturated heterocycles. The highest BCUT2D eigenvalue weighted by molar-refractivity contribution is 7.89. The van der Waals surface area contributed by atoms with Crippen LogP contribution in [0.1, 0.15) is 12.8 Å². The number of nitrogens with one attached hydrogen (secondary N) is 1. The molecule has 0 atom stereocenters. The highest BCUT2D eigenvalue weighted by Crippen LogP contribution is 2.22. The zero-order chi connectivity index (χ0) is 14.6. The first-order valence-corrected chi connectivity index (χ1v) is 7.94. The second-order valence-electron chi connectivity index (χ2n) is 4.67. The maximum atomic E-state index is 12.1. The van der Waals surface area contributed by atoms with Crippen molar-refractivity contribution in [2.75, 3.05) is 26.2 Å². The zero-order valence-electron chi connectivity index (χ0n) is 11.0. The van der Waals surface area contributed by atoms with Crippen molar-refractivity contribution in [2.24, 2.45) is 0 Å². The van der Waals surface area contributed by atoms with E-state index in [-0.39, 0.29) is 11.4 Å². The lowest BCUT2D eigenvalue weighted by Crippen LogP contribution is -2.33. The van der Waals surface area contributed by atoms with E-state index in [4.69, 9.17) is 0 Å². The minimum Gasteiger partial charge on any atom is -0.302 e. The van der Waals surface area contributed by atoms with Gasteiger partial charge in [0, 0.05) is 19.2 Å². The number of benzene rings is 1. The maximum absolute atomic E-state index is 12.1. The van der Waals surface area contributed by atoms with E-state index >= 15 is 0 Å². The van der Waals surface area contributed by atoms with Gasteiger partial charge in [-0.2, -0.15) is 0 Å². The van der Waals surface area contributed by atoms with Crippen molar-refractivity contribution in [3.05, 3.63) is 34.4 Å². The Morgan fingerprint density at radius 3 is 2.55 bits per heavy atom. The van der Waals surface area contributed by atoms with Crippen LogP contribution in [0.2, 0.25) is 0 Å². The second-order valence-corrected chi connectivity index (χ2v) is 6.41. The number of rotatable bonds is 6. The molecule has 1 fully saturated rings. The van der Waals surface area contributed by atoms with Crippen molar-refractivity contribution < 1.29 is 13.3 Å². The van der Waals surface area contributed by atoms with E-state index in [2.05, 4.69) is 9.62 Å². The summed E-state index contributed by atoms with van der Waals surface area (Å²) in [6, 6.07) is 5.36. The number of sulfonamides is 1. The fourth-order valence-electron chi connectivity index (χ4n) is 2.26. The lowest BCUT2D eigenvalue weighted by molar-refractivity contribution is -0.387. The van der Waals surface area contributed by atoms with Crippen LogP contribution >= 0.6 is 0 Å². The lowest BCUT2D eigenvalue weighted by Gasteiger charge is -2.14. The molecule has 2 rings (SSSR count). The van der Waals surface area contributed by atoms with Crippen LogP contribution in [0.15, 0.2) is 29.2 Å². The number of para-hydroxylation sites is 1. The molecule has 1 aromatic carbocycles. The Morgan fingerprint density at radius 2 is 1.90 bits per heavy atom. The van der Waals surface area contributed by atoms with Crippen LogP contribution < -0.4 is 4.72 Å². The summed E-state index contributed by atoms with van der Waals surface area (Å²) < 4.78 is 26.6. The Hall–Kier alpha value is -1.51. The number of likely N-dealkylation sites (tertiary alicyclic amines) is 1. The standard InChI is InChI=1S/C12H17N3O4S/c16-15(17)11-5-1-2-6-12(11)20(18,19)13-7-10-14-8-3-4-9-14/h1-2,5-6,13H,3-4,7-10H2. The SMILES string of the molecule is O=[N+]([O-])c1ccccc1S(=O)(=O)NCCN1CCCC1. The van der Waals surface area contributed by atoms with E-state index in [0.717, 1.165) is 25.9 Å². The third-order valence-corrected chi connectivity index (χ3v) is 4.78. The first-order valence-electron chi connectivity index (χ1n) is 6.46. The van der Waals surface area contributed by atoms with Crippen molar-refractivity contribution in [2.45, 2.75) is 17.7 Å². The minimum atomic E-state index is -3.85. The number of hydrogen-bond acceptors (Lipinski definition) is 5. The van der Waals surface area contributed by atoms with Gasteiger partial charge in [0.2, 0.25) is 10.0 Å². The number of nitro benzene ring substituents is 1. The van der Waals surface area contributed by atoms with E-state index in [1.54, 1.807) is 0 Å². The molecule has 0 amide bonds. The molecular weight excluding hydrogens is 282 g/mol. The molecule has 0 aliphatic carbocycles. The van der Waals surface area contributed by atoms with Gasteiger partial charge < -0.3 is 4.90 Å². The molecule has 8 heteroatoms. The highest BCUT2D eigenvalue weighted by atomic mass is 32.2. The Balaban J connectivity index is 2.04. The van der Waals surface area contributed by atoms with Gasteiger partial charge in [-0.05, 0) is 32.0 Å². The third-order valence-electron chi connectivity index (χ3n) is 3.27. The van der Waals surface area contributed by atoms with Crippen LogP contribution in [0.3, 0.4) is 0 Å². The average Bonchev–Trinajstić information content (AvgIpc) is 2.91. The Labute approximate surface area is 117 Å². The van der Waals surface area contributed by atoms with Crippen LogP contribution in [0.25, 0.3) is 0 Å². The molecule has 1 heterocycles. The van der Waals surface area contributed by atoms with Gasteiger partial charge in [-0.1, -0.05) is 12.1 Å². The summed E-state index contributed by atoms with van der Waals surface area (Å²) in [4.78, 5) is 12.1. The van der Waals surface area contributed by atoms with Crippen LogP contribution in [0, 0.1) is 10.1 Å². The van der Waals surface area contributed by atoms with Crippen LogP contribution in [-0.4, -0.2) is 44.4 Å². The summed E-state index contributed by atoms with van der Waals surface area (Å²) in [6.45, 7) is 2.84. The molecule has 0 spiro atoms. The van der Waals surface area contributed by atoms with Crippen molar-refractivity contribution in [3.8, 4) is 0 Å². The predicted molar refractivity (Wildman–Crippen MR) is 74.0 cm³/mol. The molecule has 20 heavy (non-hydrogen) atoms. The molecule has 1 N–H and O–H groups in total. The first kappa shape index (κ1) is 14.9. The number of hydrogen-bond donors (Lipinski definition) is 1. The zero-order valence-corrected chi connectivity index (χ0v) is 11.8. The van der Waals surface area contributed by atoms with Crippen LogP contribution in [0.5, 0.6) is 0 Å². The van der Waals surface area contributed by atoms with Crippen molar-refractivity contribution in [3.63, 3.8) is 0 Å². The van der Waals surface area contributed by atoms with Gasteiger partial charge >= 0.3 is 0 Å². The van der Waals surface area contributed by atoms with Gasteiger partial charge in [-0.3, -0.25) is 10.1 Å². The molecule has 1 aromatic rings. The van der Waals surface area contributed by atoms with Crippen LogP contribution in [-0.2, 0) is 10.0 Å². The molecular formula is C12H17N3O4S. The predicted octanol–water partition coefficient (Wildman–Crippen LogP) is 0.969. The van der Waals surface area contributed by atoms with E-state index in [0.29, 0.717) is 6.54 Å². The largest absolute Gasteiger partial charge is 0.302 e. The maximum Gasteiger partial charge on any atom is 0.289 e. The molecule has 0 saturated carbocycles. The second kappa shape index (κ2) is 6.29. The summed E-state index contributed by atoms with van der Waals surface area (Å²) >= 11 is 0. The van der Waals surface area contributed by atoms with Gasteiger partial charge in [0.1, 0.15) is 0 Å². The molecule has 0 aromatic heterocycles. The molecule has 7 nitrogen and oxygen atoms in total. The Bertz CT molecular complexity index is 582. The van der Waals surface area contributed by atoms with Gasteiger partial charge in [0.25, 0.3) is 5.69 Å². The number of nitrogens with zero attached hydrogens (tertiary/aromatic N) is 2. The molecule has 1 aliphatic rings. The van der Waals surface area contributed by atoms with Gasteiger partial charge in [-0.15, -0.1) is 0 Å². The van der Waals surface area contributed by atoms with Crippen LogP contribution in [0.4, 0.5) is 5.69 Å². The van der Waals surface area contributed by atoms with Crippen molar-refractivity contribution >= 4 is 15.7 Å². The summed E-state index contributed by atoms with van der Waals surface area (Å²) in [5.41, 5.74) is -0.402. The highest BCUT2D eigenvalue weighted by Gasteiger charge is 2.24. The molecule has 0 bridgehead atoms. The molecule has 0 unspecified atom stereocenters. The van der Waals surface area contributed by atoms with Gasteiger partial charge in [-0.25, -0.2) is 13.1 Å². The molecule has 1 aliphatic heterocycles. The van der Waals surface area contributed by atoms with Crippen molar-refractivity contribution in [1.82, 2.24) is 9.62 Å². The van der Waals surface area contributed by atoms with Gasteiger partial charge in [0.05, 0.1) is 4.92 Å². The first-order chi connectivity index (χ1) is 9.50. The summed E-state index contributed by atoms with van der Waals surface area (Å²) in [6.07, 6.45) is 2.27. The smallest absolute Gasteiger partial charge is 0.289 e. The normalized spacial score (nSPS) is 16.4. The third kappa shape index (κ3) is 3.53. The van der Waals surface area contributed by atoms with Crippen molar-refractivity contribution in [1.29, 1.82) is 0 Å².